The second kappa shape index (κ2) is 35.2. The second-order valence-corrected chi connectivity index (χ2v) is 26.4. The van der Waals surface area contributed by atoms with Crippen molar-refractivity contribution in [3.05, 3.63) is 212 Å². The van der Waals surface area contributed by atoms with Gasteiger partial charge in [0.1, 0.15) is 147 Å². The Labute approximate surface area is 615 Å². The summed E-state index contributed by atoms with van der Waals surface area (Å²) >= 11 is 0. The SMILES string of the molecule is OC[C@H]1O[C@@H](OCCOc2cccc(C3=c4ccc([nH]4)=C(c4cccc(OCCO[C@@H]5O[C@H](CO)[C@@H](O)[C@H](O)[C@H]5O)c4)c4ccc([nH]4)C(c4cccc(OCCO[C@@H]5O[C@H](CO)[C@@H](O)[C@H](O)[C@H]5O)c4)=c4ccc([nH]4)=C(c4cccc(OCCO[C@@H]5O[C@H](CO)[C@@H](O)[C@H](O)[C@H]5O)c4)c4ccc3[nH]4)c2)[C@H](O)[C@@H](O)[C@@H]1O. The standard InChI is InChI=1S/C76H88N4O28/c81-33-53-61(85)65(89)69(93)73(105-53)101-25-21-97-41-9-1-5-37(29-41)57-45-13-15-47(77-45)58(38-6-2-10-42(30-38)98-22-26-102-74-70(94)66(90)62(86)54(34-82)106-74)49-17-19-51(79-49)60(40-8-4-12-44(32-40)100-24-28-104-76-72(96)68(92)64(88)56(36-84)108-76)52-20-18-50(80-52)59(48-16-14-46(57)78-48)39-7-3-11-43(31-39)99-23-27-103-75-71(95)67(91)63(87)55(35-83)107-75/h1-20,29-32,53-56,61-96H,21-28,33-36H2/t53-,54-,55-,56-,61-,62-,63-,64-,65+,66+,67+,68+,69-,70-,71-,72-,73-,74-,75-,76-/m1/s1. The van der Waals surface area contributed by atoms with Crippen molar-refractivity contribution in [1.82, 2.24) is 19.9 Å². The summed E-state index contributed by atoms with van der Waals surface area (Å²) in [6.45, 7) is -3.33. The number of fused-ring (bicyclic) bond motifs is 8. The number of aliphatic hydroxyl groups is 16. The highest BCUT2D eigenvalue weighted by Gasteiger charge is 2.47. The lowest BCUT2D eigenvalue weighted by atomic mass is 9.99. The number of aromatic amines is 4. The second-order valence-electron chi connectivity index (χ2n) is 26.4. The van der Waals surface area contributed by atoms with Gasteiger partial charge < -0.3 is 158 Å². The molecule has 4 saturated heterocycles. The first-order valence-corrected chi connectivity index (χ1v) is 35.2. The molecule has 8 bridgehead atoms. The highest BCUT2D eigenvalue weighted by atomic mass is 16.7. The van der Waals surface area contributed by atoms with Gasteiger partial charge in [-0.15, -0.1) is 0 Å². The molecule has 0 amide bonds. The van der Waals surface area contributed by atoms with Crippen LogP contribution in [-0.4, -0.2) is 304 Å². The van der Waals surface area contributed by atoms with E-state index >= 15 is 0 Å². The largest absolute Gasteiger partial charge is 0.491 e. The quantitative estimate of drug-likeness (QED) is 0.0204. The summed E-state index contributed by atoms with van der Waals surface area (Å²) in [6.07, 6.45) is -29.5. The maximum atomic E-state index is 10.7. The third kappa shape index (κ3) is 17.0. The van der Waals surface area contributed by atoms with Crippen LogP contribution in [0.15, 0.2) is 146 Å². The molecule has 0 unspecified atom stereocenters. The number of hydrogen-bond donors (Lipinski definition) is 20. The first-order valence-electron chi connectivity index (χ1n) is 35.2. The van der Waals surface area contributed by atoms with Crippen LogP contribution in [0.2, 0.25) is 0 Å². The van der Waals surface area contributed by atoms with Gasteiger partial charge in [0.05, 0.1) is 52.9 Å². The summed E-state index contributed by atoms with van der Waals surface area (Å²) < 4.78 is 70.3. The summed E-state index contributed by atoms with van der Waals surface area (Å²) in [7, 11) is 0. The zero-order chi connectivity index (χ0) is 75.9. The van der Waals surface area contributed by atoms with E-state index in [-0.39, 0.29) is 52.9 Å². The monoisotopic (exact) mass is 1500 g/mol. The van der Waals surface area contributed by atoms with Crippen LogP contribution in [0.3, 0.4) is 0 Å². The number of H-pyrrole nitrogens is 4. The van der Waals surface area contributed by atoms with Gasteiger partial charge in [-0.05, 0) is 119 Å². The van der Waals surface area contributed by atoms with E-state index in [0.29, 0.717) is 112 Å². The molecule has 5 aliphatic heterocycles. The van der Waals surface area contributed by atoms with Crippen molar-refractivity contribution < 1.29 is 139 Å². The van der Waals surface area contributed by atoms with Crippen molar-refractivity contribution in [3.8, 4) is 23.0 Å². The zero-order valence-corrected chi connectivity index (χ0v) is 57.9. The average Bonchev–Trinajstić information content (AvgIpc) is 1.66. The minimum absolute atomic E-state index is 0.0624. The molecular formula is C76H88N4O28. The number of aromatic nitrogens is 4. The van der Waals surface area contributed by atoms with Crippen LogP contribution < -0.4 is 40.3 Å². The molecule has 4 aromatic carbocycles. The molecular weight excluding hydrogens is 1420 g/mol. The van der Waals surface area contributed by atoms with Crippen molar-refractivity contribution in [2.45, 2.75) is 123 Å². The number of ether oxygens (including phenoxy) is 12. The summed E-state index contributed by atoms with van der Waals surface area (Å²) in [5.74, 6) is 1.65. The van der Waals surface area contributed by atoms with Crippen LogP contribution in [0.1, 0.15) is 45.0 Å². The lowest BCUT2D eigenvalue weighted by Crippen LogP contribution is -2.59. The minimum Gasteiger partial charge on any atom is -0.491 e. The number of benzene rings is 4. The summed E-state index contributed by atoms with van der Waals surface area (Å²) in [5, 5.41) is 167. The highest BCUT2D eigenvalue weighted by molar-refractivity contribution is 5.85. The van der Waals surface area contributed by atoms with Crippen LogP contribution in [0, 0.1) is 0 Å². The fourth-order valence-electron chi connectivity index (χ4n) is 13.7. The Balaban J connectivity index is 0.895. The number of rotatable bonds is 28. The molecule has 4 aromatic heterocycles. The fourth-order valence-corrected chi connectivity index (χ4v) is 13.7. The summed E-state index contributed by atoms with van der Waals surface area (Å²) in [5.41, 5.74) is 7.90. The number of hydrogen-bond acceptors (Lipinski definition) is 28. The van der Waals surface area contributed by atoms with Crippen LogP contribution >= 0.6 is 0 Å². The minimum atomic E-state index is -1.64. The van der Waals surface area contributed by atoms with Crippen LogP contribution in [0.4, 0.5) is 0 Å². The molecule has 8 aromatic rings. The summed E-state index contributed by atoms with van der Waals surface area (Å²) in [6, 6.07) is 44.8. The molecule has 9 heterocycles. The molecule has 0 saturated carbocycles. The van der Waals surface area contributed by atoms with E-state index < -0.39 is 149 Å². The fraction of sp³-hybridized carbons (Fsp3) is 0.421. The third-order valence-corrected chi connectivity index (χ3v) is 19.3. The molecule has 580 valence electrons. The van der Waals surface area contributed by atoms with Gasteiger partial charge in [-0.2, -0.15) is 0 Å². The molecule has 108 heavy (non-hydrogen) atoms. The molecule has 13 rings (SSSR count). The third-order valence-electron chi connectivity index (χ3n) is 19.3. The first kappa shape index (κ1) is 77.9. The molecule has 20 atom stereocenters. The van der Waals surface area contributed by atoms with Crippen LogP contribution in [0.5, 0.6) is 23.0 Å². The molecule has 4 fully saturated rings. The van der Waals surface area contributed by atoms with E-state index in [0.717, 1.165) is 0 Å². The Bertz CT molecular complexity index is 4000. The van der Waals surface area contributed by atoms with Gasteiger partial charge in [-0.1, -0.05) is 48.5 Å². The Morgan fingerprint density at radius 1 is 0.250 bits per heavy atom. The van der Waals surface area contributed by atoms with Crippen molar-refractivity contribution in [2.24, 2.45) is 0 Å². The average molecular weight is 1510 g/mol. The van der Waals surface area contributed by atoms with Crippen LogP contribution in [0.25, 0.3) is 22.3 Å². The van der Waals surface area contributed by atoms with Gasteiger partial charge >= 0.3 is 0 Å². The van der Waals surface area contributed by atoms with Crippen LogP contribution in [-0.2, 0) is 37.9 Å². The van der Waals surface area contributed by atoms with Gasteiger partial charge in [0.25, 0.3) is 0 Å². The van der Waals surface area contributed by atoms with Crippen molar-refractivity contribution >= 4 is 22.3 Å². The molecule has 5 aliphatic rings. The van der Waals surface area contributed by atoms with Gasteiger partial charge in [0.15, 0.2) is 25.2 Å². The molecule has 32 nitrogen and oxygen atoms in total. The maximum Gasteiger partial charge on any atom is 0.186 e. The lowest BCUT2D eigenvalue weighted by molar-refractivity contribution is -0.301. The van der Waals surface area contributed by atoms with Gasteiger partial charge in [-0.25, -0.2) is 0 Å². The topological polar surface area (TPSA) is 498 Å². The lowest BCUT2D eigenvalue weighted by Gasteiger charge is -2.39. The van der Waals surface area contributed by atoms with Gasteiger partial charge in [-0.3, -0.25) is 0 Å². The Kier molecular flexibility index (Phi) is 25.4. The Morgan fingerprint density at radius 3 is 0.685 bits per heavy atom. The van der Waals surface area contributed by atoms with Gasteiger partial charge in [0, 0.05) is 66.5 Å². The van der Waals surface area contributed by atoms with E-state index in [1.807, 2.05) is 121 Å². The van der Waals surface area contributed by atoms with E-state index in [9.17, 15) is 81.7 Å². The van der Waals surface area contributed by atoms with Gasteiger partial charge in [0.2, 0.25) is 0 Å². The predicted molar refractivity (Wildman–Crippen MR) is 375 cm³/mol. The van der Waals surface area contributed by atoms with E-state index in [1.54, 1.807) is 24.3 Å². The molecule has 20 N–H and O–H groups in total. The molecule has 32 heteroatoms. The van der Waals surface area contributed by atoms with E-state index in [2.05, 4.69) is 19.9 Å². The molecule has 0 aliphatic carbocycles. The van der Waals surface area contributed by atoms with E-state index in [4.69, 9.17) is 56.8 Å². The number of aliphatic hydroxyl groups excluding tert-OH is 16. The smallest absolute Gasteiger partial charge is 0.186 e. The molecule has 0 spiro atoms. The highest BCUT2D eigenvalue weighted by Crippen LogP contribution is 2.34. The number of nitrogens with one attached hydrogen (secondary N) is 4. The maximum absolute atomic E-state index is 10.7. The molecule has 0 radical (unpaired) electrons. The van der Waals surface area contributed by atoms with Crippen molar-refractivity contribution in [3.63, 3.8) is 0 Å². The zero-order valence-electron chi connectivity index (χ0n) is 57.9. The Hall–Kier alpha value is -8.28. The normalized spacial score (nSPS) is 29.5. The predicted octanol–water partition coefficient (Wildman–Crippen LogP) is -4.92. The summed E-state index contributed by atoms with van der Waals surface area (Å²) in [4.78, 5) is 15.0. The van der Waals surface area contributed by atoms with Crippen molar-refractivity contribution in [1.29, 1.82) is 0 Å². The first-order chi connectivity index (χ1) is 52.3. The Morgan fingerprint density at radius 2 is 0.472 bits per heavy atom. The van der Waals surface area contributed by atoms with E-state index in [1.165, 1.54) is 0 Å². The van der Waals surface area contributed by atoms with Crippen molar-refractivity contribution in [2.75, 3.05) is 79.3 Å².